The van der Waals surface area contributed by atoms with Crippen LogP contribution >= 0.6 is 11.3 Å². The molecule has 0 aliphatic carbocycles. The number of rotatable bonds is 4. The van der Waals surface area contributed by atoms with E-state index in [4.69, 9.17) is 0 Å². The molecule has 1 aliphatic rings. The van der Waals surface area contributed by atoms with Crippen LogP contribution in [0.15, 0.2) is 24.3 Å². The fourth-order valence-corrected chi connectivity index (χ4v) is 3.87. The van der Waals surface area contributed by atoms with Gasteiger partial charge in [0.1, 0.15) is 10.6 Å². The van der Waals surface area contributed by atoms with Crippen molar-refractivity contribution in [3.05, 3.63) is 55.5 Å². The lowest BCUT2D eigenvalue weighted by atomic mass is 10.1. The highest BCUT2D eigenvalue weighted by molar-refractivity contribution is 7.11. The van der Waals surface area contributed by atoms with Crippen molar-refractivity contribution in [1.82, 2.24) is 14.8 Å². The van der Waals surface area contributed by atoms with Crippen LogP contribution < -0.4 is 0 Å². The molecule has 0 N–H and O–H groups in total. The van der Waals surface area contributed by atoms with Gasteiger partial charge in [0.25, 0.3) is 11.6 Å². The van der Waals surface area contributed by atoms with Gasteiger partial charge in [-0.25, -0.2) is 4.98 Å². The van der Waals surface area contributed by atoms with Gasteiger partial charge in [-0.15, -0.1) is 11.3 Å². The molecule has 1 aliphatic heterocycles. The Labute approximate surface area is 150 Å². The third-order valence-corrected chi connectivity index (χ3v) is 5.48. The molecule has 1 amide bonds. The molecule has 0 atom stereocenters. The van der Waals surface area contributed by atoms with Crippen LogP contribution in [0.5, 0.6) is 0 Å². The zero-order valence-electron chi connectivity index (χ0n) is 14.3. The van der Waals surface area contributed by atoms with Gasteiger partial charge in [-0.3, -0.25) is 19.8 Å². The van der Waals surface area contributed by atoms with Gasteiger partial charge in [-0.2, -0.15) is 0 Å². The summed E-state index contributed by atoms with van der Waals surface area (Å²) >= 11 is 1.71. The number of hydrogen-bond donors (Lipinski definition) is 0. The molecule has 0 unspecified atom stereocenters. The maximum Gasteiger partial charge on any atom is 0.282 e. The molecule has 1 aromatic carbocycles. The van der Waals surface area contributed by atoms with Crippen LogP contribution in [0.2, 0.25) is 0 Å². The van der Waals surface area contributed by atoms with Gasteiger partial charge >= 0.3 is 0 Å². The monoisotopic (exact) mass is 360 g/mol. The lowest BCUT2D eigenvalue weighted by Gasteiger charge is -2.34. The Morgan fingerprint density at radius 2 is 1.92 bits per heavy atom. The number of benzene rings is 1. The molecular weight excluding hydrogens is 340 g/mol. The summed E-state index contributed by atoms with van der Waals surface area (Å²) in [5.74, 6) is -0.270. The summed E-state index contributed by atoms with van der Waals surface area (Å²) in [6.45, 7) is 7.47. The minimum atomic E-state index is -0.503. The fraction of sp³-hybridized carbons (Fsp3) is 0.412. The molecular formula is C17H20N4O3S. The minimum absolute atomic E-state index is 0.135. The second-order valence-electron chi connectivity index (χ2n) is 6.09. The molecule has 25 heavy (non-hydrogen) atoms. The second-order valence-corrected chi connectivity index (χ2v) is 7.38. The van der Waals surface area contributed by atoms with E-state index in [-0.39, 0.29) is 17.2 Å². The predicted octanol–water partition coefficient (Wildman–Crippen LogP) is 2.63. The zero-order valence-corrected chi connectivity index (χ0v) is 15.1. The van der Waals surface area contributed by atoms with Gasteiger partial charge in [0.05, 0.1) is 17.2 Å². The van der Waals surface area contributed by atoms with E-state index in [0.717, 1.165) is 30.3 Å². The molecule has 0 spiro atoms. The van der Waals surface area contributed by atoms with E-state index in [1.165, 1.54) is 17.0 Å². The first-order chi connectivity index (χ1) is 12.0. The molecule has 1 aromatic heterocycles. The van der Waals surface area contributed by atoms with Crippen molar-refractivity contribution in [3.8, 4) is 0 Å². The van der Waals surface area contributed by atoms with Crippen LogP contribution in [0.3, 0.4) is 0 Å². The Balaban J connectivity index is 1.62. The number of para-hydroxylation sites is 1. The number of aryl methyl sites for hydroxylation is 2. The van der Waals surface area contributed by atoms with E-state index in [1.807, 2.05) is 6.92 Å². The number of piperazine rings is 1. The number of nitro groups is 1. The first kappa shape index (κ1) is 17.5. The number of carbonyl (C=O) groups is 1. The van der Waals surface area contributed by atoms with Crippen LogP contribution in [-0.4, -0.2) is 51.8 Å². The topological polar surface area (TPSA) is 79.6 Å². The highest BCUT2D eigenvalue weighted by atomic mass is 32.1. The van der Waals surface area contributed by atoms with Crippen LogP contribution in [-0.2, 0) is 6.54 Å². The van der Waals surface area contributed by atoms with Gasteiger partial charge < -0.3 is 4.90 Å². The maximum atomic E-state index is 12.6. The normalized spacial score (nSPS) is 15.4. The summed E-state index contributed by atoms with van der Waals surface area (Å²) in [5, 5.41) is 12.2. The standard InChI is InChI=1S/C17H20N4O3S/c1-12-13(2)25-16(18-12)11-19-7-9-20(10-8-19)17(22)14-5-3-4-6-15(14)21(23)24/h3-6H,7-11H2,1-2H3. The van der Waals surface area contributed by atoms with Crippen molar-refractivity contribution in [1.29, 1.82) is 0 Å². The van der Waals surface area contributed by atoms with Gasteiger partial charge in [-0.05, 0) is 19.9 Å². The van der Waals surface area contributed by atoms with Gasteiger partial charge in [0.2, 0.25) is 0 Å². The van der Waals surface area contributed by atoms with Crippen LogP contribution in [0.4, 0.5) is 5.69 Å². The molecule has 3 rings (SSSR count). The first-order valence-electron chi connectivity index (χ1n) is 8.13. The van der Waals surface area contributed by atoms with Gasteiger partial charge in [0, 0.05) is 37.1 Å². The highest BCUT2D eigenvalue weighted by Gasteiger charge is 2.27. The molecule has 0 bridgehead atoms. The van der Waals surface area contributed by atoms with E-state index in [1.54, 1.807) is 28.4 Å². The third-order valence-electron chi connectivity index (χ3n) is 4.42. The van der Waals surface area contributed by atoms with Crippen molar-refractivity contribution in [2.75, 3.05) is 26.2 Å². The molecule has 2 heterocycles. The molecule has 7 nitrogen and oxygen atoms in total. The molecule has 8 heteroatoms. The number of aromatic nitrogens is 1. The fourth-order valence-electron chi connectivity index (χ4n) is 2.89. The third kappa shape index (κ3) is 3.85. The van der Waals surface area contributed by atoms with Crippen molar-refractivity contribution in [3.63, 3.8) is 0 Å². The lowest BCUT2D eigenvalue weighted by Crippen LogP contribution is -2.48. The zero-order chi connectivity index (χ0) is 18.0. The molecule has 1 saturated heterocycles. The Bertz CT molecular complexity index is 777. The number of nitro benzene ring substituents is 1. The number of amides is 1. The number of hydrogen-bond acceptors (Lipinski definition) is 6. The Kier molecular flexibility index (Phi) is 5.10. The first-order valence-corrected chi connectivity index (χ1v) is 8.95. The quantitative estimate of drug-likeness (QED) is 0.618. The Hall–Kier alpha value is -2.32. The molecule has 1 fully saturated rings. The largest absolute Gasteiger partial charge is 0.336 e. The predicted molar refractivity (Wildman–Crippen MR) is 95.9 cm³/mol. The van der Waals surface area contributed by atoms with Crippen molar-refractivity contribution >= 4 is 22.9 Å². The van der Waals surface area contributed by atoms with Crippen LogP contribution in [0.25, 0.3) is 0 Å². The van der Waals surface area contributed by atoms with Gasteiger partial charge in [0.15, 0.2) is 0 Å². The van der Waals surface area contributed by atoms with Crippen LogP contribution in [0.1, 0.15) is 25.9 Å². The van der Waals surface area contributed by atoms with E-state index in [9.17, 15) is 14.9 Å². The van der Waals surface area contributed by atoms with E-state index >= 15 is 0 Å². The SMILES string of the molecule is Cc1nc(CN2CCN(C(=O)c3ccccc3[N+](=O)[O-])CC2)sc1C. The maximum absolute atomic E-state index is 12.6. The average Bonchev–Trinajstić information content (AvgIpc) is 2.92. The molecule has 132 valence electrons. The Morgan fingerprint density at radius 1 is 1.24 bits per heavy atom. The summed E-state index contributed by atoms with van der Waals surface area (Å²) in [6, 6.07) is 6.12. The van der Waals surface area contributed by atoms with Crippen molar-refractivity contribution in [2.24, 2.45) is 0 Å². The smallest absolute Gasteiger partial charge is 0.282 e. The summed E-state index contributed by atoms with van der Waals surface area (Å²) in [6.07, 6.45) is 0. The summed E-state index contributed by atoms with van der Waals surface area (Å²) in [5.41, 5.74) is 1.10. The highest BCUT2D eigenvalue weighted by Crippen LogP contribution is 2.22. The molecule has 2 aromatic rings. The van der Waals surface area contributed by atoms with Crippen molar-refractivity contribution in [2.45, 2.75) is 20.4 Å². The number of carbonyl (C=O) groups excluding carboxylic acids is 1. The van der Waals surface area contributed by atoms with E-state index in [2.05, 4.69) is 16.8 Å². The van der Waals surface area contributed by atoms with Gasteiger partial charge in [-0.1, -0.05) is 12.1 Å². The minimum Gasteiger partial charge on any atom is -0.336 e. The second kappa shape index (κ2) is 7.28. The summed E-state index contributed by atoms with van der Waals surface area (Å²) < 4.78 is 0. The molecule has 0 saturated carbocycles. The van der Waals surface area contributed by atoms with E-state index < -0.39 is 4.92 Å². The van der Waals surface area contributed by atoms with Crippen LogP contribution in [0, 0.1) is 24.0 Å². The molecule has 0 radical (unpaired) electrons. The van der Waals surface area contributed by atoms with Crippen molar-refractivity contribution < 1.29 is 9.72 Å². The summed E-state index contributed by atoms with van der Waals surface area (Å²) in [7, 11) is 0. The Morgan fingerprint density at radius 3 is 2.52 bits per heavy atom. The number of nitrogens with zero attached hydrogens (tertiary/aromatic N) is 4. The average molecular weight is 360 g/mol. The lowest BCUT2D eigenvalue weighted by molar-refractivity contribution is -0.385. The summed E-state index contributed by atoms with van der Waals surface area (Å²) in [4.78, 5) is 33.0. The number of thiazole rings is 1. The van der Waals surface area contributed by atoms with E-state index in [0.29, 0.717) is 13.1 Å².